The summed E-state index contributed by atoms with van der Waals surface area (Å²) in [6.45, 7) is 27.5. The summed E-state index contributed by atoms with van der Waals surface area (Å²) in [6, 6.07) is 0. The lowest BCUT2D eigenvalue weighted by Gasteiger charge is -2.60. The summed E-state index contributed by atoms with van der Waals surface area (Å²) in [5, 5.41) is 0. The van der Waals surface area contributed by atoms with E-state index in [0.29, 0.717) is 22.7 Å². The van der Waals surface area contributed by atoms with E-state index in [1.165, 1.54) is 36.0 Å². The molecule has 1 aromatic carbocycles. The fraction of sp³-hybridized carbons (Fsp3) is 0.806. The molecule has 0 amide bonds. The van der Waals surface area contributed by atoms with Crippen molar-refractivity contribution >= 4 is 0 Å². The minimum atomic E-state index is 0.452. The average Bonchev–Trinajstić information content (AvgIpc) is 2.88. The summed E-state index contributed by atoms with van der Waals surface area (Å²) in [7, 11) is 1.85. The Morgan fingerprint density at radius 2 is 1.56 bits per heavy atom. The molecular formula is C31H50O. The molecule has 1 nitrogen and oxygen atoms in total. The van der Waals surface area contributed by atoms with Crippen LogP contribution in [0.15, 0.2) is 0 Å². The van der Waals surface area contributed by atoms with Gasteiger partial charge >= 0.3 is 0 Å². The van der Waals surface area contributed by atoms with Crippen molar-refractivity contribution in [2.75, 3.05) is 7.11 Å². The van der Waals surface area contributed by atoms with E-state index < -0.39 is 0 Å². The second-order valence-corrected chi connectivity index (χ2v) is 13.3. The molecule has 0 aliphatic heterocycles. The van der Waals surface area contributed by atoms with Gasteiger partial charge in [-0.2, -0.15) is 0 Å². The molecule has 0 N–H and O–H groups in total. The molecule has 9 atom stereocenters. The van der Waals surface area contributed by atoms with Gasteiger partial charge in [-0.25, -0.2) is 0 Å². The molecule has 3 aliphatic rings. The topological polar surface area (TPSA) is 9.23 Å². The number of ether oxygens (including phenoxy) is 1. The zero-order valence-electron chi connectivity index (χ0n) is 23.1. The summed E-state index contributed by atoms with van der Waals surface area (Å²) < 4.78 is 5.93. The molecule has 3 aliphatic carbocycles. The van der Waals surface area contributed by atoms with Gasteiger partial charge in [0.1, 0.15) is 5.75 Å². The largest absolute Gasteiger partial charge is 0.496 e. The molecule has 8 unspecified atom stereocenters. The first kappa shape index (κ1) is 24.2. The Labute approximate surface area is 199 Å². The molecule has 32 heavy (non-hydrogen) atoms. The van der Waals surface area contributed by atoms with Crippen LogP contribution in [0.5, 0.6) is 5.75 Å². The van der Waals surface area contributed by atoms with Gasteiger partial charge in [0.2, 0.25) is 0 Å². The van der Waals surface area contributed by atoms with Crippen molar-refractivity contribution in [1.82, 2.24) is 0 Å². The number of benzene rings is 1. The Hall–Kier alpha value is -0.980. The molecule has 0 bridgehead atoms. The normalized spacial score (nSPS) is 43.1. The Bertz CT molecular complexity index is 896. The number of fused-ring (bicyclic) bond motifs is 5. The van der Waals surface area contributed by atoms with Gasteiger partial charge in [0.25, 0.3) is 0 Å². The third-order valence-corrected chi connectivity index (χ3v) is 11.6. The summed E-state index contributed by atoms with van der Waals surface area (Å²) >= 11 is 0. The van der Waals surface area contributed by atoms with Crippen molar-refractivity contribution in [2.45, 2.75) is 107 Å². The van der Waals surface area contributed by atoms with E-state index >= 15 is 0 Å². The number of hydrogen-bond donors (Lipinski definition) is 0. The first-order valence-corrected chi connectivity index (χ1v) is 13.5. The van der Waals surface area contributed by atoms with Crippen molar-refractivity contribution in [1.29, 1.82) is 0 Å². The van der Waals surface area contributed by atoms with Crippen molar-refractivity contribution in [2.24, 2.45) is 46.3 Å². The van der Waals surface area contributed by atoms with Gasteiger partial charge < -0.3 is 4.74 Å². The van der Waals surface area contributed by atoms with Crippen LogP contribution in [-0.2, 0) is 0 Å². The summed E-state index contributed by atoms with van der Waals surface area (Å²) in [4.78, 5) is 0. The predicted octanol–water partition coefficient (Wildman–Crippen LogP) is 8.83. The molecule has 0 radical (unpaired) electrons. The van der Waals surface area contributed by atoms with E-state index in [-0.39, 0.29) is 0 Å². The molecule has 0 heterocycles. The van der Waals surface area contributed by atoms with Crippen LogP contribution in [0.2, 0.25) is 0 Å². The van der Waals surface area contributed by atoms with E-state index in [0.717, 1.165) is 41.3 Å². The van der Waals surface area contributed by atoms with Gasteiger partial charge in [0.15, 0.2) is 0 Å². The number of rotatable bonds is 3. The third-order valence-electron chi connectivity index (χ3n) is 11.6. The second-order valence-electron chi connectivity index (χ2n) is 13.3. The van der Waals surface area contributed by atoms with Gasteiger partial charge in [-0.05, 0) is 126 Å². The molecule has 4 rings (SSSR count). The van der Waals surface area contributed by atoms with Gasteiger partial charge in [-0.3, -0.25) is 0 Å². The predicted molar refractivity (Wildman–Crippen MR) is 138 cm³/mol. The highest BCUT2D eigenvalue weighted by atomic mass is 16.5. The highest BCUT2D eigenvalue weighted by Gasteiger charge is 2.65. The summed E-state index contributed by atoms with van der Waals surface area (Å²) in [6.07, 6.45) is 4.18. The average molecular weight is 439 g/mol. The van der Waals surface area contributed by atoms with Gasteiger partial charge in [-0.1, -0.05) is 55.4 Å². The van der Waals surface area contributed by atoms with Crippen LogP contribution in [0, 0.1) is 67.1 Å². The minimum Gasteiger partial charge on any atom is -0.496 e. The summed E-state index contributed by atoms with van der Waals surface area (Å²) in [5.41, 5.74) is 8.55. The maximum absolute atomic E-state index is 5.93. The van der Waals surface area contributed by atoms with Crippen molar-refractivity contribution in [3.63, 3.8) is 0 Å². The van der Waals surface area contributed by atoms with Crippen LogP contribution < -0.4 is 4.74 Å². The van der Waals surface area contributed by atoms with Gasteiger partial charge in [-0.15, -0.1) is 0 Å². The molecule has 2 saturated carbocycles. The Balaban J connectivity index is 1.91. The molecule has 0 aromatic heterocycles. The maximum atomic E-state index is 5.93. The lowest BCUT2D eigenvalue weighted by Crippen LogP contribution is -2.52. The Morgan fingerprint density at radius 1 is 0.938 bits per heavy atom. The fourth-order valence-electron chi connectivity index (χ4n) is 9.83. The highest BCUT2D eigenvalue weighted by Crippen LogP contribution is 2.73. The maximum Gasteiger partial charge on any atom is 0.125 e. The van der Waals surface area contributed by atoms with Crippen LogP contribution in [-0.4, -0.2) is 7.11 Å². The molecule has 1 heteroatoms. The first-order chi connectivity index (χ1) is 14.8. The molecule has 1 aromatic rings. The molecular weight excluding hydrogens is 388 g/mol. The summed E-state index contributed by atoms with van der Waals surface area (Å²) in [5.74, 6) is 7.11. The van der Waals surface area contributed by atoms with Gasteiger partial charge in [0.05, 0.1) is 7.11 Å². The molecule has 0 spiro atoms. The van der Waals surface area contributed by atoms with E-state index in [1.807, 2.05) is 7.11 Å². The van der Waals surface area contributed by atoms with Crippen LogP contribution in [0.3, 0.4) is 0 Å². The minimum absolute atomic E-state index is 0.452. The molecule has 0 saturated heterocycles. The monoisotopic (exact) mass is 438 g/mol. The van der Waals surface area contributed by atoms with Crippen molar-refractivity contribution in [3.8, 4) is 5.75 Å². The number of hydrogen-bond acceptors (Lipinski definition) is 1. The second kappa shape index (κ2) is 7.78. The zero-order valence-corrected chi connectivity index (χ0v) is 23.1. The van der Waals surface area contributed by atoms with Crippen LogP contribution in [0.25, 0.3) is 0 Å². The van der Waals surface area contributed by atoms with Gasteiger partial charge in [0, 0.05) is 0 Å². The molecule has 180 valence electrons. The Kier molecular flexibility index (Phi) is 5.87. The standard InChI is InChI=1S/C31H50O/c1-16(2)14-30(10)18(4)13-24-27-20(6)19(5)26-23(9)29(32-12)22(8)21(7)28(26)25(27)17(3)15-31(24,30)11/h16-20,24-25,27H,13-15H2,1-12H3/t17?,18?,19?,20?,24?,25?,27?,30-,31?/m0/s1. The first-order valence-electron chi connectivity index (χ1n) is 13.5. The quantitative estimate of drug-likeness (QED) is 0.458. The zero-order chi connectivity index (χ0) is 23.9. The van der Waals surface area contributed by atoms with E-state index in [1.54, 1.807) is 11.1 Å². The smallest absolute Gasteiger partial charge is 0.125 e. The van der Waals surface area contributed by atoms with Crippen molar-refractivity contribution in [3.05, 3.63) is 27.8 Å². The lowest BCUT2D eigenvalue weighted by atomic mass is 9.44. The highest BCUT2D eigenvalue weighted by molar-refractivity contribution is 5.58. The third kappa shape index (κ3) is 2.94. The lowest BCUT2D eigenvalue weighted by molar-refractivity contribution is -0.0745. The van der Waals surface area contributed by atoms with Crippen LogP contribution >= 0.6 is 0 Å². The molecule has 2 fully saturated rings. The van der Waals surface area contributed by atoms with Crippen LogP contribution in [0.1, 0.15) is 114 Å². The van der Waals surface area contributed by atoms with E-state index in [4.69, 9.17) is 4.74 Å². The fourth-order valence-corrected chi connectivity index (χ4v) is 9.83. The Morgan fingerprint density at radius 3 is 2.12 bits per heavy atom. The van der Waals surface area contributed by atoms with Crippen molar-refractivity contribution < 1.29 is 4.74 Å². The SMILES string of the molecule is COc1c(C)c(C)c2c(c1C)C(C)C(C)C1C2C(C)CC2(C)C1CC(C)[C@]2(C)CC(C)C. The van der Waals surface area contributed by atoms with E-state index in [9.17, 15) is 0 Å². The van der Waals surface area contributed by atoms with Crippen LogP contribution in [0.4, 0.5) is 0 Å². The number of methoxy groups -OCH3 is 1. The van der Waals surface area contributed by atoms with E-state index in [2.05, 4.69) is 76.2 Å².